The van der Waals surface area contributed by atoms with E-state index in [4.69, 9.17) is 10.1 Å². The molecule has 128 valence electrons. The fraction of sp³-hybridized carbons (Fsp3) is 0. The Labute approximate surface area is 150 Å². The number of hydrogen-bond donors (Lipinski definition) is 2. The summed E-state index contributed by atoms with van der Waals surface area (Å²) in [6.45, 7) is 0. The van der Waals surface area contributed by atoms with Crippen LogP contribution in [-0.2, 0) is 0 Å². The number of hydrogen-bond acceptors (Lipinski definition) is 5. The molecule has 0 radical (unpaired) electrons. The maximum Gasteiger partial charge on any atom is 0.321 e. The van der Waals surface area contributed by atoms with Gasteiger partial charge in [-0.3, -0.25) is 4.79 Å². The van der Waals surface area contributed by atoms with Crippen LogP contribution in [0.3, 0.4) is 0 Å². The van der Waals surface area contributed by atoms with Crippen molar-refractivity contribution in [2.24, 2.45) is 0 Å². The van der Waals surface area contributed by atoms with Crippen LogP contribution in [0.25, 0.3) is 0 Å². The molecule has 1 aromatic heterocycles. The number of allylic oxidation sites excluding steroid dienone is 1. The Kier molecular flexibility index (Phi) is 5.47. The van der Waals surface area contributed by atoms with Crippen molar-refractivity contribution in [3.8, 4) is 11.8 Å². The molecular weight excluding hydrogens is 328 g/mol. The van der Waals surface area contributed by atoms with Gasteiger partial charge in [-0.25, -0.2) is 9.97 Å². The number of carbonyl (C=O) groups excluding carboxylic acids is 1. The fourth-order valence-electron chi connectivity index (χ4n) is 2.12. The molecule has 26 heavy (non-hydrogen) atoms. The van der Waals surface area contributed by atoms with Crippen LogP contribution in [0.15, 0.2) is 85.3 Å². The summed E-state index contributed by atoms with van der Waals surface area (Å²) in [5, 5.41) is 10.7. The number of benzene rings is 2. The van der Waals surface area contributed by atoms with E-state index in [2.05, 4.69) is 15.3 Å². The monoisotopic (exact) mass is 344 g/mol. The predicted octanol–water partition coefficient (Wildman–Crippen LogP) is 3.58. The third-order valence-electron chi connectivity index (χ3n) is 3.42. The zero-order valence-electron chi connectivity index (χ0n) is 13.8. The smallest absolute Gasteiger partial charge is 0.321 e. The van der Waals surface area contributed by atoms with Crippen molar-refractivity contribution in [3.63, 3.8) is 0 Å². The Morgan fingerprint density at radius 3 is 2.31 bits per heavy atom. The second kappa shape index (κ2) is 8.34. The molecule has 0 aliphatic rings. The summed E-state index contributed by atoms with van der Waals surface area (Å²) in [7, 11) is 0. The predicted molar refractivity (Wildman–Crippen MR) is 98.4 cm³/mol. The molecule has 1 heterocycles. The van der Waals surface area contributed by atoms with Crippen molar-refractivity contribution in [1.29, 1.82) is 5.41 Å². The summed E-state index contributed by atoms with van der Waals surface area (Å²) in [4.78, 5) is 19.9. The maximum atomic E-state index is 11.9. The summed E-state index contributed by atoms with van der Waals surface area (Å²) < 4.78 is 5.51. The topological polar surface area (TPSA) is 88.0 Å². The minimum absolute atomic E-state index is 0.221. The molecule has 6 nitrogen and oxygen atoms in total. The van der Waals surface area contributed by atoms with Gasteiger partial charge in [-0.05, 0) is 54.1 Å². The van der Waals surface area contributed by atoms with Gasteiger partial charge in [-0.15, -0.1) is 0 Å². The highest BCUT2D eigenvalue weighted by Gasteiger charge is 2.03. The van der Waals surface area contributed by atoms with E-state index in [0.717, 1.165) is 0 Å². The SMILES string of the molecule is N=C(/C=C\NC(=O)c1ccccc1)c1ccc(Oc2ncccn2)cc1. The molecule has 0 unspecified atom stereocenters. The molecule has 3 aromatic rings. The Morgan fingerprint density at radius 1 is 0.923 bits per heavy atom. The molecular formula is C20H16N4O2. The van der Waals surface area contributed by atoms with E-state index in [-0.39, 0.29) is 17.6 Å². The van der Waals surface area contributed by atoms with Crippen molar-refractivity contribution < 1.29 is 9.53 Å². The van der Waals surface area contributed by atoms with Gasteiger partial charge in [0.2, 0.25) is 0 Å². The van der Waals surface area contributed by atoms with Crippen LogP contribution in [0.5, 0.6) is 11.8 Å². The number of aromatic nitrogens is 2. The van der Waals surface area contributed by atoms with Crippen LogP contribution in [0.1, 0.15) is 15.9 Å². The van der Waals surface area contributed by atoms with Crippen molar-refractivity contribution >= 4 is 11.6 Å². The van der Waals surface area contributed by atoms with E-state index < -0.39 is 0 Å². The Balaban J connectivity index is 1.57. The van der Waals surface area contributed by atoms with E-state index >= 15 is 0 Å². The molecule has 2 N–H and O–H groups in total. The Bertz CT molecular complexity index is 908. The van der Waals surface area contributed by atoms with Gasteiger partial charge in [-0.2, -0.15) is 0 Å². The zero-order valence-corrected chi connectivity index (χ0v) is 13.8. The first kappa shape index (κ1) is 17.0. The minimum atomic E-state index is -0.221. The lowest BCUT2D eigenvalue weighted by Gasteiger charge is -2.04. The second-order valence-corrected chi connectivity index (χ2v) is 5.24. The largest absolute Gasteiger partial charge is 0.424 e. The average molecular weight is 344 g/mol. The quantitative estimate of drug-likeness (QED) is 0.669. The summed E-state index contributed by atoms with van der Waals surface area (Å²) in [5.41, 5.74) is 1.52. The van der Waals surface area contributed by atoms with E-state index in [9.17, 15) is 4.79 Å². The number of nitrogens with one attached hydrogen (secondary N) is 2. The first-order valence-electron chi connectivity index (χ1n) is 7.89. The summed E-state index contributed by atoms with van der Waals surface area (Å²) >= 11 is 0. The van der Waals surface area contributed by atoms with Crippen LogP contribution in [-0.4, -0.2) is 21.6 Å². The van der Waals surface area contributed by atoms with Crippen molar-refractivity contribution in [3.05, 3.63) is 96.5 Å². The molecule has 0 bridgehead atoms. The molecule has 0 saturated heterocycles. The van der Waals surface area contributed by atoms with Gasteiger partial charge in [0.1, 0.15) is 5.75 Å². The molecule has 0 aliphatic carbocycles. The van der Waals surface area contributed by atoms with E-state index in [0.29, 0.717) is 16.9 Å². The van der Waals surface area contributed by atoms with Gasteiger partial charge in [0, 0.05) is 24.2 Å². The zero-order chi connectivity index (χ0) is 18.2. The molecule has 0 spiro atoms. The van der Waals surface area contributed by atoms with Crippen molar-refractivity contribution in [1.82, 2.24) is 15.3 Å². The van der Waals surface area contributed by atoms with Gasteiger partial charge in [0.05, 0.1) is 5.71 Å². The van der Waals surface area contributed by atoms with Gasteiger partial charge in [0.15, 0.2) is 0 Å². The van der Waals surface area contributed by atoms with E-state index in [1.165, 1.54) is 12.3 Å². The second-order valence-electron chi connectivity index (χ2n) is 5.24. The molecule has 0 saturated carbocycles. The third-order valence-corrected chi connectivity index (χ3v) is 3.42. The standard InChI is InChI=1S/C20H16N4O2/c21-18(11-14-22-19(25)16-5-2-1-3-6-16)15-7-9-17(10-8-15)26-20-23-12-4-13-24-20/h1-14,21H,(H,22,25)/b14-11-,21-18?. The average Bonchev–Trinajstić information content (AvgIpc) is 2.70. The maximum absolute atomic E-state index is 11.9. The first-order valence-corrected chi connectivity index (χ1v) is 7.89. The lowest BCUT2D eigenvalue weighted by atomic mass is 10.1. The highest BCUT2D eigenvalue weighted by atomic mass is 16.5. The van der Waals surface area contributed by atoms with Gasteiger partial charge < -0.3 is 15.5 Å². The van der Waals surface area contributed by atoms with Crippen LogP contribution in [0, 0.1) is 5.41 Å². The molecule has 0 atom stereocenters. The summed E-state index contributed by atoms with van der Waals surface area (Å²) in [5.74, 6) is 0.357. The molecule has 2 aromatic carbocycles. The lowest BCUT2D eigenvalue weighted by Crippen LogP contribution is -2.17. The molecule has 0 aliphatic heterocycles. The lowest BCUT2D eigenvalue weighted by molar-refractivity contribution is 0.0970. The van der Waals surface area contributed by atoms with Gasteiger partial charge >= 0.3 is 6.01 Å². The molecule has 6 heteroatoms. The number of nitrogens with zero attached hydrogens (tertiary/aromatic N) is 2. The molecule has 0 fully saturated rings. The fourth-order valence-corrected chi connectivity index (χ4v) is 2.12. The molecule has 3 rings (SSSR count). The first-order chi connectivity index (χ1) is 12.7. The van der Waals surface area contributed by atoms with Crippen LogP contribution in [0.4, 0.5) is 0 Å². The highest BCUT2D eigenvalue weighted by molar-refractivity contribution is 6.07. The number of amides is 1. The number of ether oxygens (including phenoxy) is 1. The highest BCUT2D eigenvalue weighted by Crippen LogP contribution is 2.17. The van der Waals surface area contributed by atoms with Crippen molar-refractivity contribution in [2.75, 3.05) is 0 Å². The number of carbonyl (C=O) groups is 1. The van der Waals surface area contributed by atoms with Crippen LogP contribution >= 0.6 is 0 Å². The minimum Gasteiger partial charge on any atom is -0.424 e. The Hall–Kier alpha value is -3.80. The van der Waals surface area contributed by atoms with Crippen LogP contribution in [0.2, 0.25) is 0 Å². The van der Waals surface area contributed by atoms with E-state index in [1.807, 2.05) is 6.07 Å². The summed E-state index contributed by atoms with van der Waals surface area (Å²) in [6, 6.07) is 17.8. The normalized spacial score (nSPS) is 10.5. The van der Waals surface area contributed by atoms with Gasteiger partial charge in [0.25, 0.3) is 5.91 Å². The van der Waals surface area contributed by atoms with Crippen LogP contribution < -0.4 is 10.1 Å². The molecule has 1 amide bonds. The third kappa shape index (κ3) is 4.61. The van der Waals surface area contributed by atoms with Gasteiger partial charge in [-0.1, -0.05) is 18.2 Å². The number of rotatable bonds is 6. The summed E-state index contributed by atoms with van der Waals surface area (Å²) in [6.07, 6.45) is 6.18. The van der Waals surface area contributed by atoms with Crippen molar-refractivity contribution in [2.45, 2.75) is 0 Å². The Morgan fingerprint density at radius 2 is 1.62 bits per heavy atom. The van der Waals surface area contributed by atoms with E-state index in [1.54, 1.807) is 67.0 Å².